The predicted octanol–water partition coefficient (Wildman–Crippen LogP) is 10.2. The fraction of sp³-hybridized carbons (Fsp3) is 0.0800. The van der Waals surface area contributed by atoms with Gasteiger partial charge in [-0.1, -0.05) is 152 Å². The lowest BCUT2D eigenvalue weighted by molar-refractivity contribution is 0.410. The maximum Gasteiger partial charge on any atom is 0.111 e. The van der Waals surface area contributed by atoms with Gasteiger partial charge in [-0.15, -0.1) is 0 Å². The second-order valence-electron chi connectivity index (χ2n) is 14.5. The molecule has 2 unspecified atom stereocenters. The number of allylic oxidation sites excluding steroid dienone is 2. The van der Waals surface area contributed by atoms with Crippen molar-refractivity contribution in [1.29, 1.82) is 0 Å². The third-order valence-electron chi connectivity index (χ3n) is 11.1. The molecule has 2 atom stereocenters. The molecular weight excluding hydrogens is 685 g/mol. The second-order valence-corrected chi connectivity index (χ2v) is 14.5. The number of hydrogen-bond acceptors (Lipinski definition) is 4. The van der Waals surface area contributed by atoms with Crippen molar-refractivity contribution in [2.45, 2.75) is 18.9 Å². The normalized spacial score (nSPS) is 14.2. The number of nitrogens with two attached hydrogens (primary N) is 1. The van der Waals surface area contributed by atoms with Gasteiger partial charge in [0, 0.05) is 40.3 Å². The fourth-order valence-electron chi connectivity index (χ4n) is 8.36. The predicted molar refractivity (Wildman–Crippen MR) is 233 cm³/mol. The highest BCUT2D eigenvalue weighted by Gasteiger charge is 2.24. The molecular formula is C50H42N6. The molecule has 9 aromatic rings. The first-order chi connectivity index (χ1) is 27.7. The minimum Gasteiger partial charge on any atom is -0.367 e. The summed E-state index contributed by atoms with van der Waals surface area (Å²) < 4.78 is 4.81. The molecule has 6 nitrogen and oxygen atoms in total. The van der Waals surface area contributed by atoms with Crippen molar-refractivity contribution in [3.8, 4) is 16.8 Å². The average Bonchev–Trinajstić information content (AvgIpc) is 3.79. The van der Waals surface area contributed by atoms with Gasteiger partial charge in [-0.3, -0.25) is 15.2 Å². The molecule has 6 heteroatoms. The Bertz CT molecular complexity index is 2890. The number of dihydropyridines is 1. The number of hydrogen-bond donors (Lipinski definition) is 4. The third-order valence-corrected chi connectivity index (χ3v) is 11.1. The molecule has 0 aliphatic carbocycles. The third kappa shape index (κ3) is 6.06. The summed E-state index contributed by atoms with van der Waals surface area (Å²) in [5.74, 6) is 1.03. The van der Waals surface area contributed by atoms with E-state index in [-0.39, 0.29) is 12.3 Å². The van der Waals surface area contributed by atoms with Gasteiger partial charge in [-0.25, -0.2) is 0 Å². The summed E-state index contributed by atoms with van der Waals surface area (Å²) in [4.78, 5) is 0. The summed E-state index contributed by atoms with van der Waals surface area (Å²) >= 11 is 0. The lowest BCUT2D eigenvalue weighted by atomic mass is 10.0. The summed E-state index contributed by atoms with van der Waals surface area (Å²) in [6.07, 6.45) is 3.90. The van der Waals surface area contributed by atoms with Crippen LogP contribution in [0.4, 0.5) is 0 Å². The van der Waals surface area contributed by atoms with Crippen molar-refractivity contribution < 1.29 is 0 Å². The first-order valence-electron chi connectivity index (χ1n) is 19.3. The Kier molecular flexibility index (Phi) is 8.77. The van der Waals surface area contributed by atoms with E-state index in [9.17, 15) is 0 Å². The van der Waals surface area contributed by atoms with Gasteiger partial charge < -0.3 is 15.6 Å². The van der Waals surface area contributed by atoms with Gasteiger partial charge >= 0.3 is 0 Å². The minimum atomic E-state index is -0.379. The van der Waals surface area contributed by atoms with Crippen LogP contribution < -0.4 is 21.7 Å². The van der Waals surface area contributed by atoms with Crippen LogP contribution in [0, 0.1) is 0 Å². The number of rotatable bonds is 10. The molecule has 0 fully saturated rings. The van der Waals surface area contributed by atoms with Crippen LogP contribution in [0.25, 0.3) is 66.2 Å². The molecule has 0 amide bonds. The van der Waals surface area contributed by atoms with Crippen LogP contribution in [-0.2, 0) is 6.54 Å². The van der Waals surface area contributed by atoms with E-state index in [1.165, 1.54) is 54.8 Å². The molecule has 56 heavy (non-hydrogen) atoms. The number of aromatic nitrogens is 2. The van der Waals surface area contributed by atoms with E-state index >= 15 is 0 Å². The lowest BCUT2D eigenvalue weighted by Crippen LogP contribution is -2.49. The Morgan fingerprint density at radius 1 is 0.554 bits per heavy atom. The van der Waals surface area contributed by atoms with Gasteiger partial charge in [0.2, 0.25) is 0 Å². The highest BCUT2D eigenvalue weighted by Crippen LogP contribution is 2.41. The number of fused-ring (bicyclic) bond motifs is 7. The van der Waals surface area contributed by atoms with Crippen LogP contribution in [0.5, 0.6) is 0 Å². The maximum absolute atomic E-state index is 6.90. The van der Waals surface area contributed by atoms with Crippen molar-refractivity contribution in [3.05, 3.63) is 205 Å². The molecule has 10 rings (SSSR count). The number of para-hydroxylation sites is 3. The quantitative estimate of drug-likeness (QED) is 0.106. The topological polar surface area (TPSA) is 72.0 Å². The zero-order chi connectivity index (χ0) is 37.4. The van der Waals surface area contributed by atoms with Gasteiger partial charge in [-0.05, 0) is 64.2 Å². The van der Waals surface area contributed by atoms with Crippen LogP contribution in [0.1, 0.15) is 17.3 Å². The van der Waals surface area contributed by atoms with E-state index < -0.39 is 0 Å². The SMILES string of the molecule is NC(NC(NCc1ccccc1)C1=CC=C(n2c3ccccc3c3c2ccc2c4ccccc4n(-c4ccccc4)c23)NC1)c1ccc(-c2ccccc2)cc1. The number of nitrogens with zero attached hydrogens (tertiary/aromatic N) is 2. The Hall–Kier alpha value is -6.70. The highest BCUT2D eigenvalue weighted by atomic mass is 15.2. The van der Waals surface area contributed by atoms with Crippen LogP contribution in [0.15, 0.2) is 194 Å². The molecule has 2 aromatic heterocycles. The van der Waals surface area contributed by atoms with Gasteiger partial charge in [0.15, 0.2) is 0 Å². The molecule has 7 aromatic carbocycles. The van der Waals surface area contributed by atoms with Crippen LogP contribution in [0.3, 0.4) is 0 Å². The van der Waals surface area contributed by atoms with Crippen LogP contribution >= 0.6 is 0 Å². The van der Waals surface area contributed by atoms with E-state index in [0.29, 0.717) is 13.1 Å². The molecule has 0 radical (unpaired) electrons. The molecule has 5 N–H and O–H groups in total. The van der Waals surface area contributed by atoms with Crippen molar-refractivity contribution >= 4 is 49.4 Å². The minimum absolute atomic E-state index is 0.177. The van der Waals surface area contributed by atoms with Crippen molar-refractivity contribution in [2.75, 3.05) is 6.54 Å². The van der Waals surface area contributed by atoms with Crippen LogP contribution in [-0.4, -0.2) is 21.8 Å². The first-order valence-corrected chi connectivity index (χ1v) is 19.3. The standard InChI is InChI=1S/C50H42N6/c51-49(37-26-24-36(25-27-37)35-16-6-2-7-17-35)54-50(53-32-34-14-4-1-5-15-34)38-28-31-46(52-33-38)56-44-23-13-11-21-42(44)47-45(56)30-29-41-40-20-10-12-22-43(40)55(48(41)47)39-18-8-3-9-19-39/h1-31,49-50,52-54H,32-33,51H2. The molecule has 0 saturated carbocycles. The van der Waals surface area contributed by atoms with Crippen LogP contribution in [0.2, 0.25) is 0 Å². The van der Waals surface area contributed by atoms with Gasteiger partial charge in [0.1, 0.15) is 5.82 Å². The molecule has 1 aliphatic heterocycles. The summed E-state index contributed by atoms with van der Waals surface area (Å²) in [6, 6.07) is 62.3. The highest BCUT2D eigenvalue weighted by molar-refractivity contribution is 6.26. The number of benzene rings is 7. The fourth-order valence-corrected chi connectivity index (χ4v) is 8.36. The summed E-state index contributed by atoms with van der Waals surface area (Å²) in [5.41, 5.74) is 18.6. The largest absolute Gasteiger partial charge is 0.367 e. The van der Waals surface area contributed by atoms with E-state index in [1.54, 1.807) is 0 Å². The molecule has 272 valence electrons. The summed E-state index contributed by atoms with van der Waals surface area (Å²) in [5, 5.41) is 16.3. The summed E-state index contributed by atoms with van der Waals surface area (Å²) in [6.45, 7) is 1.34. The zero-order valence-electron chi connectivity index (χ0n) is 30.9. The van der Waals surface area contributed by atoms with Crippen molar-refractivity contribution in [3.63, 3.8) is 0 Å². The Morgan fingerprint density at radius 3 is 1.89 bits per heavy atom. The Balaban J connectivity index is 1.04. The molecule has 0 saturated heterocycles. The van der Waals surface area contributed by atoms with Gasteiger partial charge in [0.05, 0.1) is 34.4 Å². The zero-order valence-corrected chi connectivity index (χ0v) is 30.9. The van der Waals surface area contributed by atoms with Crippen molar-refractivity contribution in [1.82, 2.24) is 25.1 Å². The smallest absolute Gasteiger partial charge is 0.111 e. The number of nitrogens with one attached hydrogen (secondary N) is 3. The van der Waals surface area contributed by atoms with E-state index in [4.69, 9.17) is 5.73 Å². The van der Waals surface area contributed by atoms with E-state index in [1.807, 2.05) is 6.07 Å². The molecule has 0 bridgehead atoms. The lowest BCUT2D eigenvalue weighted by Gasteiger charge is -2.30. The molecule has 1 aliphatic rings. The van der Waals surface area contributed by atoms with E-state index in [2.05, 4.69) is 207 Å². The van der Waals surface area contributed by atoms with Gasteiger partial charge in [-0.2, -0.15) is 0 Å². The average molecular weight is 727 g/mol. The van der Waals surface area contributed by atoms with E-state index in [0.717, 1.165) is 28.1 Å². The monoisotopic (exact) mass is 726 g/mol. The summed E-state index contributed by atoms with van der Waals surface area (Å²) in [7, 11) is 0. The second kappa shape index (κ2) is 14.5. The first kappa shape index (κ1) is 33.8. The molecule has 3 heterocycles. The van der Waals surface area contributed by atoms with Gasteiger partial charge in [0.25, 0.3) is 0 Å². The Morgan fingerprint density at radius 2 is 1.18 bits per heavy atom. The Labute approximate surface area is 326 Å². The molecule has 0 spiro atoms. The van der Waals surface area contributed by atoms with Crippen molar-refractivity contribution in [2.24, 2.45) is 5.73 Å². The maximum atomic E-state index is 6.90.